The summed E-state index contributed by atoms with van der Waals surface area (Å²) < 4.78 is 0. The van der Waals surface area contributed by atoms with Crippen LogP contribution < -0.4 is 5.32 Å². The number of hydrogen-bond acceptors (Lipinski definition) is 3. The van der Waals surface area contributed by atoms with Gasteiger partial charge in [0.15, 0.2) is 0 Å². The topological polar surface area (TPSA) is 37.8 Å². The molecular formula is C18H31N3. The maximum Gasteiger partial charge on any atom is 0.131 e. The van der Waals surface area contributed by atoms with Gasteiger partial charge in [-0.15, -0.1) is 0 Å². The Morgan fingerprint density at radius 2 is 2.00 bits per heavy atom. The van der Waals surface area contributed by atoms with E-state index in [0.717, 1.165) is 31.6 Å². The lowest BCUT2D eigenvalue weighted by atomic mass is 9.74. The largest absolute Gasteiger partial charge is 0.310 e. The summed E-state index contributed by atoms with van der Waals surface area (Å²) in [4.78, 5) is 9.65. The molecule has 1 aromatic heterocycles. The number of hydrogen-bond donors (Lipinski definition) is 1. The van der Waals surface area contributed by atoms with E-state index in [1.807, 2.05) is 0 Å². The molecule has 1 atom stereocenters. The highest BCUT2D eigenvalue weighted by molar-refractivity contribution is 5.27. The summed E-state index contributed by atoms with van der Waals surface area (Å²) in [5.74, 6) is 1.55. The van der Waals surface area contributed by atoms with Crippen LogP contribution in [0.3, 0.4) is 0 Å². The molecule has 1 heterocycles. The van der Waals surface area contributed by atoms with Crippen molar-refractivity contribution in [2.45, 2.75) is 78.7 Å². The van der Waals surface area contributed by atoms with Crippen LogP contribution in [0, 0.1) is 5.41 Å². The molecule has 0 aromatic carbocycles. The van der Waals surface area contributed by atoms with Crippen LogP contribution in [0.15, 0.2) is 6.20 Å². The zero-order valence-electron chi connectivity index (χ0n) is 14.4. The fourth-order valence-electron chi connectivity index (χ4n) is 3.41. The minimum atomic E-state index is 0.317. The highest BCUT2D eigenvalue weighted by Crippen LogP contribution is 2.40. The van der Waals surface area contributed by atoms with Gasteiger partial charge in [-0.2, -0.15) is 0 Å². The third-order valence-electron chi connectivity index (χ3n) is 4.69. The van der Waals surface area contributed by atoms with Gasteiger partial charge in [0.2, 0.25) is 0 Å². The summed E-state index contributed by atoms with van der Waals surface area (Å²) in [6, 6.07) is 0.416. The summed E-state index contributed by atoms with van der Waals surface area (Å²) in [7, 11) is 0. The average molecular weight is 289 g/mol. The lowest BCUT2D eigenvalue weighted by Crippen LogP contribution is -2.34. The first kappa shape index (κ1) is 16.4. The molecule has 0 saturated carbocycles. The Morgan fingerprint density at radius 3 is 2.62 bits per heavy atom. The zero-order chi connectivity index (χ0) is 15.5. The highest BCUT2D eigenvalue weighted by atomic mass is 15.0. The molecule has 0 fully saturated rings. The van der Waals surface area contributed by atoms with E-state index in [1.54, 1.807) is 0 Å². The van der Waals surface area contributed by atoms with Crippen LogP contribution in [0.4, 0.5) is 0 Å². The Bertz CT molecular complexity index is 464. The number of aromatic nitrogens is 2. The van der Waals surface area contributed by atoms with Crippen LogP contribution in [0.5, 0.6) is 0 Å². The van der Waals surface area contributed by atoms with Gasteiger partial charge in [-0.3, -0.25) is 0 Å². The van der Waals surface area contributed by atoms with Crippen molar-refractivity contribution < 1.29 is 0 Å². The molecule has 2 rings (SSSR count). The predicted molar refractivity (Wildman–Crippen MR) is 88.5 cm³/mol. The number of fused-ring (bicyclic) bond motifs is 1. The molecular weight excluding hydrogens is 258 g/mol. The second-order valence-corrected chi connectivity index (χ2v) is 7.20. The first-order chi connectivity index (χ1) is 10.0. The normalized spacial score (nSPS) is 20.6. The third-order valence-corrected chi connectivity index (χ3v) is 4.69. The summed E-state index contributed by atoms with van der Waals surface area (Å²) in [5.41, 5.74) is 2.92. The molecule has 3 heteroatoms. The highest BCUT2D eigenvalue weighted by Gasteiger charge is 2.33. The quantitative estimate of drug-likeness (QED) is 0.844. The van der Waals surface area contributed by atoms with Crippen LogP contribution in [0.25, 0.3) is 0 Å². The summed E-state index contributed by atoms with van der Waals surface area (Å²) >= 11 is 0. The maximum absolute atomic E-state index is 4.96. The van der Waals surface area contributed by atoms with E-state index in [2.05, 4.69) is 51.1 Å². The summed E-state index contributed by atoms with van der Waals surface area (Å²) in [6.45, 7) is 12.5. The van der Waals surface area contributed by atoms with Crippen LogP contribution in [-0.4, -0.2) is 16.5 Å². The standard InChI is InChI=1S/C18H31N3/c1-6-9-19-15-10-18(4,5)11-16-14(15)12-20-17(21-16)13(7-2)8-3/h12-13,15,19H,6-11H2,1-5H3. The minimum absolute atomic E-state index is 0.317. The average Bonchev–Trinajstić information content (AvgIpc) is 2.44. The molecule has 3 nitrogen and oxygen atoms in total. The van der Waals surface area contributed by atoms with Crippen molar-refractivity contribution in [3.8, 4) is 0 Å². The molecule has 1 N–H and O–H groups in total. The summed E-state index contributed by atoms with van der Waals surface area (Å²) in [5, 5.41) is 3.68. The lowest BCUT2D eigenvalue weighted by Gasteiger charge is -2.37. The molecule has 0 amide bonds. The Morgan fingerprint density at radius 1 is 1.29 bits per heavy atom. The van der Waals surface area contributed by atoms with Crippen molar-refractivity contribution in [1.29, 1.82) is 0 Å². The molecule has 21 heavy (non-hydrogen) atoms. The van der Waals surface area contributed by atoms with Crippen molar-refractivity contribution in [2.24, 2.45) is 5.41 Å². The summed E-state index contributed by atoms with van der Waals surface area (Å²) in [6.07, 6.45) is 7.75. The Labute approximate surface area is 130 Å². The van der Waals surface area contributed by atoms with Gasteiger partial charge < -0.3 is 5.32 Å². The number of rotatable bonds is 6. The van der Waals surface area contributed by atoms with E-state index >= 15 is 0 Å². The third kappa shape index (κ3) is 3.82. The molecule has 1 unspecified atom stereocenters. The van der Waals surface area contributed by atoms with Crippen LogP contribution >= 0.6 is 0 Å². The maximum atomic E-state index is 4.96. The van der Waals surface area contributed by atoms with Crippen LogP contribution in [-0.2, 0) is 6.42 Å². The number of nitrogens with zero attached hydrogens (tertiary/aromatic N) is 2. The molecule has 118 valence electrons. The Kier molecular flexibility index (Phi) is 5.37. The molecule has 0 aliphatic heterocycles. The van der Waals surface area contributed by atoms with Crippen LogP contribution in [0.1, 0.15) is 89.3 Å². The molecule has 0 bridgehead atoms. The van der Waals surface area contributed by atoms with Gasteiger partial charge in [-0.05, 0) is 44.1 Å². The van der Waals surface area contributed by atoms with E-state index in [-0.39, 0.29) is 0 Å². The van der Waals surface area contributed by atoms with Gasteiger partial charge in [0, 0.05) is 29.4 Å². The van der Waals surface area contributed by atoms with Crippen molar-refractivity contribution in [3.63, 3.8) is 0 Å². The molecule has 1 aliphatic carbocycles. The van der Waals surface area contributed by atoms with Crippen molar-refractivity contribution in [2.75, 3.05) is 6.54 Å². The Balaban J connectivity index is 2.32. The monoisotopic (exact) mass is 289 g/mol. The van der Waals surface area contributed by atoms with Crippen LogP contribution in [0.2, 0.25) is 0 Å². The first-order valence-corrected chi connectivity index (χ1v) is 8.59. The minimum Gasteiger partial charge on any atom is -0.310 e. The lowest BCUT2D eigenvalue weighted by molar-refractivity contribution is 0.253. The second kappa shape index (κ2) is 6.87. The SMILES string of the molecule is CCCNC1CC(C)(C)Cc2nc(C(CC)CC)ncc21. The van der Waals surface area contributed by atoms with Crippen molar-refractivity contribution in [1.82, 2.24) is 15.3 Å². The zero-order valence-corrected chi connectivity index (χ0v) is 14.4. The van der Waals surface area contributed by atoms with E-state index in [1.165, 1.54) is 24.1 Å². The smallest absolute Gasteiger partial charge is 0.131 e. The van der Waals surface area contributed by atoms with E-state index in [0.29, 0.717) is 17.4 Å². The van der Waals surface area contributed by atoms with Gasteiger partial charge in [-0.25, -0.2) is 9.97 Å². The van der Waals surface area contributed by atoms with Gasteiger partial charge in [0.05, 0.1) is 0 Å². The number of nitrogens with one attached hydrogen (secondary N) is 1. The molecule has 0 spiro atoms. The van der Waals surface area contributed by atoms with E-state index < -0.39 is 0 Å². The van der Waals surface area contributed by atoms with Crippen molar-refractivity contribution >= 4 is 0 Å². The molecule has 1 aliphatic rings. The van der Waals surface area contributed by atoms with Gasteiger partial charge in [-0.1, -0.05) is 34.6 Å². The van der Waals surface area contributed by atoms with Gasteiger partial charge in [0.1, 0.15) is 5.82 Å². The van der Waals surface area contributed by atoms with Crippen molar-refractivity contribution in [3.05, 3.63) is 23.3 Å². The molecule has 1 aromatic rings. The molecule has 0 radical (unpaired) electrons. The van der Waals surface area contributed by atoms with Gasteiger partial charge >= 0.3 is 0 Å². The fourth-order valence-corrected chi connectivity index (χ4v) is 3.41. The second-order valence-electron chi connectivity index (χ2n) is 7.20. The van der Waals surface area contributed by atoms with E-state index in [9.17, 15) is 0 Å². The first-order valence-electron chi connectivity index (χ1n) is 8.59. The fraction of sp³-hybridized carbons (Fsp3) is 0.778. The van der Waals surface area contributed by atoms with Gasteiger partial charge in [0.25, 0.3) is 0 Å². The predicted octanol–water partition coefficient (Wildman–Crippen LogP) is 4.39. The molecule has 0 saturated heterocycles. The Hall–Kier alpha value is -0.960. The van der Waals surface area contributed by atoms with E-state index in [4.69, 9.17) is 4.98 Å².